The van der Waals surface area contributed by atoms with Crippen molar-refractivity contribution in [1.82, 2.24) is 0 Å². The van der Waals surface area contributed by atoms with Gasteiger partial charge in [0.25, 0.3) is 5.23 Å². The van der Waals surface area contributed by atoms with Crippen LogP contribution < -0.4 is 0 Å². The van der Waals surface area contributed by atoms with Crippen LogP contribution >= 0.6 is 11.8 Å². The maximum absolute atomic E-state index is 11.5. The lowest BCUT2D eigenvalue weighted by atomic mass is 10.2. The van der Waals surface area contributed by atoms with E-state index in [4.69, 9.17) is 4.74 Å². The molecule has 0 saturated heterocycles. The van der Waals surface area contributed by atoms with E-state index >= 15 is 0 Å². The highest BCUT2D eigenvalue weighted by Crippen LogP contribution is 2.14. The molecule has 0 aromatic heterocycles. The van der Waals surface area contributed by atoms with E-state index in [2.05, 4.69) is 4.99 Å². The Morgan fingerprint density at radius 2 is 2.14 bits per heavy atom. The number of carbonyl (C=O) groups excluding carboxylic acids is 1. The molecule has 3 nitrogen and oxygen atoms in total. The lowest BCUT2D eigenvalue weighted by Crippen LogP contribution is -2.08. The van der Waals surface area contributed by atoms with Gasteiger partial charge in [-0.05, 0) is 12.1 Å². The molecule has 72 valence electrons. The first-order valence-corrected chi connectivity index (χ1v) is 5.29. The Labute approximate surface area is 86.2 Å². The summed E-state index contributed by atoms with van der Waals surface area (Å²) < 4.78 is 5.07. The lowest BCUT2D eigenvalue weighted by Gasteiger charge is -2.01. The largest absolute Gasteiger partial charge is 0.398 e. The Morgan fingerprint density at radius 1 is 1.36 bits per heavy atom. The zero-order valence-corrected chi connectivity index (χ0v) is 8.29. The van der Waals surface area contributed by atoms with E-state index in [0.717, 1.165) is 12.3 Å². The van der Waals surface area contributed by atoms with Gasteiger partial charge in [-0.1, -0.05) is 30.0 Å². The standard InChI is InChI=1S/C10H9NO2S/c12-9(8-4-2-1-3-5-8)13-10-11-6-7-14-10/h1-5H,6-7H2. The van der Waals surface area contributed by atoms with Crippen LogP contribution in [0.25, 0.3) is 0 Å². The highest BCUT2D eigenvalue weighted by molar-refractivity contribution is 8.13. The predicted octanol–water partition coefficient (Wildman–Crippen LogP) is 1.95. The molecular weight excluding hydrogens is 198 g/mol. The third-order valence-electron chi connectivity index (χ3n) is 1.75. The normalized spacial score (nSPS) is 15.0. The summed E-state index contributed by atoms with van der Waals surface area (Å²) in [6, 6.07) is 8.92. The van der Waals surface area contributed by atoms with Crippen molar-refractivity contribution in [3.63, 3.8) is 0 Å². The Hall–Kier alpha value is -1.29. The number of aliphatic imine (C=N–C) groups is 1. The molecule has 1 heterocycles. The summed E-state index contributed by atoms with van der Waals surface area (Å²) in [6.45, 7) is 0.738. The van der Waals surface area contributed by atoms with Crippen LogP contribution in [0.3, 0.4) is 0 Å². The van der Waals surface area contributed by atoms with Crippen LogP contribution in [0.4, 0.5) is 0 Å². The van der Waals surface area contributed by atoms with Gasteiger partial charge in [0.15, 0.2) is 0 Å². The number of hydrogen-bond donors (Lipinski definition) is 0. The molecule has 1 aromatic rings. The maximum atomic E-state index is 11.5. The molecule has 1 aliphatic heterocycles. The Balaban J connectivity index is 2.03. The average Bonchev–Trinajstić information content (AvgIpc) is 2.72. The van der Waals surface area contributed by atoms with Crippen molar-refractivity contribution in [3.8, 4) is 0 Å². The maximum Gasteiger partial charge on any atom is 0.345 e. The minimum Gasteiger partial charge on any atom is -0.398 e. The van der Waals surface area contributed by atoms with Gasteiger partial charge in [0.2, 0.25) is 0 Å². The van der Waals surface area contributed by atoms with Crippen LogP contribution in [0.2, 0.25) is 0 Å². The fraction of sp³-hybridized carbons (Fsp3) is 0.200. The minimum atomic E-state index is -0.334. The first kappa shape index (κ1) is 9.27. The topological polar surface area (TPSA) is 38.7 Å². The smallest absolute Gasteiger partial charge is 0.345 e. The van der Waals surface area contributed by atoms with E-state index in [1.165, 1.54) is 11.8 Å². The molecule has 0 N–H and O–H groups in total. The number of esters is 1. The highest BCUT2D eigenvalue weighted by Gasteiger charge is 2.14. The number of nitrogens with zero attached hydrogens (tertiary/aromatic N) is 1. The third-order valence-corrected chi connectivity index (χ3v) is 2.59. The minimum absolute atomic E-state index is 0.334. The van der Waals surface area contributed by atoms with Crippen molar-refractivity contribution in [2.24, 2.45) is 4.99 Å². The fourth-order valence-corrected chi connectivity index (χ4v) is 1.76. The molecule has 0 amide bonds. The zero-order chi connectivity index (χ0) is 9.80. The van der Waals surface area contributed by atoms with E-state index in [1.807, 2.05) is 6.07 Å². The van der Waals surface area contributed by atoms with Crippen LogP contribution in [-0.2, 0) is 4.74 Å². The molecule has 0 fully saturated rings. The summed E-state index contributed by atoms with van der Waals surface area (Å²) >= 11 is 1.47. The number of thioether (sulfide) groups is 1. The van der Waals surface area contributed by atoms with Gasteiger partial charge in [-0.2, -0.15) is 0 Å². The second-order valence-electron chi connectivity index (χ2n) is 2.75. The highest BCUT2D eigenvalue weighted by atomic mass is 32.2. The molecular formula is C10H9NO2S. The van der Waals surface area contributed by atoms with Crippen LogP contribution in [0.15, 0.2) is 35.3 Å². The van der Waals surface area contributed by atoms with Crippen molar-refractivity contribution < 1.29 is 9.53 Å². The molecule has 1 aliphatic rings. The van der Waals surface area contributed by atoms with Gasteiger partial charge in [0.05, 0.1) is 12.1 Å². The number of hydrogen-bond acceptors (Lipinski definition) is 4. The number of benzene rings is 1. The number of rotatable bonds is 1. The van der Waals surface area contributed by atoms with Gasteiger partial charge in [-0.25, -0.2) is 9.79 Å². The number of carbonyl (C=O) groups is 1. The lowest BCUT2D eigenvalue weighted by molar-refractivity contribution is 0.0724. The number of ether oxygens (including phenoxy) is 1. The SMILES string of the molecule is O=C(OC1=NCCS1)c1ccccc1. The Bertz CT molecular complexity index is 362. The van der Waals surface area contributed by atoms with E-state index in [9.17, 15) is 4.79 Å². The molecule has 0 bridgehead atoms. The van der Waals surface area contributed by atoms with Gasteiger partial charge >= 0.3 is 5.97 Å². The van der Waals surface area contributed by atoms with Gasteiger partial charge < -0.3 is 4.74 Å². The Morgan fingerprint density at radius 3 is 2.79 bits per heavy atom. The quantitative estimate of drug-likeness (QED) is 0.661. The summed E-state index contributed by atoms with van der Waals surface area (Å²) in [5.74, 6) is 0.566. The van der Waals surface area contributed by atoms with E-state index < -0.39 is 0 Å². The molecule has 4 heteroatoms. The predicted molar refractivity (Wildman–Crippen MR) is 56.6 cm³/mol. The molecule has 1 aromatic carbocycles. The monoisotopic (exact) mass is 207 g/mol. The van der Waals surface area contributed by atoms with Crippen molar-refractivity contribution >= 4 is 23.0 Å². The van der Waals surface area contributed by atoms with Gasteiger partial charge in [0, 0.05) is 5.75 Å². The van der Waals surface area contributed by atoms with E-state index in [-0.39, 0.29) is 5.97 Å². The summed E-state index contributed by atoms with van der Waals surface area (Å²) in [5, 5.41) is 0.485. The van der Waals surface area contributed by atoms with Crippen molar-refractivity contribution in [3.05, 3.63) is 35.9 Å². The van der Waals surface area contributed by atoms with Crippen molar-refractivity contribution in [2.45, 2.75) is 0 Å². The second kappa shape index (κ2) is 4.28. The fourth-order valence-electron chi connectivity index (χ4n) is 1.09. The summed E-state index contributed by atoms with van der Waals surface area (Å²) in [4.78, 5) is 15.5. The Kier molecular flexibility index (Phi) is 2.84. The van der Waals surface area contributed by atoms with Gasteiger partial charge in [-0.3, -0.25) is 0 Å². The van der Waals surface area contributed by atoms with Crippen molar-refractivity contribution in [2.75, 3.05) is 12.3 Å². The summed E-state index contributed by atoms with van der Waals surface area (Å²) in [6.07, 6.45) is 0. The van der Waals surface area contributed by atoms with Crippen LogP contribution in [0, 0.1) is 0 Å². The third kappa shape index (κ3) is 2.14. The van der Waals surface area contributed by atoms with Crippen LogP contribution in [0.1, 0.15) is 10.4 Å². The van der Waals surface area contributed by atoms with Crippen LogP contribution in [0.5, 0.6) is 0 Å². The molecule has 2 rings (SSSR count). The van der Waals surface area contributed by atoms with E-state index in [0.29, 0.717) is 10.8 Å². The van der Waals surface area contributed by atoms with E-state index in [1.54, 1.807) is 24.3 Å². The zero-order valence-electron chi connectivity index (χ0n) is 7.47. The van der Waals surface area contributed by atoms with Crippen LogP contribution in [-0.4, -0.2) is 23.5 Å². The van der Waals surface area contributed by atoms with Gasteiger partial charge in [-0.15, -0.1) is 0 Å². The molecule has 0 radical (unpaired) electrons. The first-order chi connectivity index (χ1) is 6.86. The molecule has 0 aliphatic carbocycles. The molecule has 0 atom stereocenters. The van der Waals surface area contributed by atoms with Crippen molar-refractivity contribution in [1.29, 1.82) is 0 Å². The molecule has 0 unspecified atom stereocenters. The average molecular weight is 207 g/mol. The molecule has 14 heavy (non-hydrogen) atoms. The van der Waals surface area contributed by atoms with Gasteiger partial charge in [0.1, 0.15) is 0 Å². The molecule has 0 spiro atoms. The second-order valence-corrected chi connectivity index (χ2v) is 3.80. The molecule has 0 saturated carbocycles. The first-order valence-electron chi connectivity index (χ1n) is 4.31. The summed E-state index contributed by atoms with van der Waals surface area (Å²) in [7, 11) is 0. The summed E-state index contributed by atoms with van der Waals surface area (Å²) in [5.41, 5.74) is 0.558.